The summed E-state index contributed by atoms with van der Waals surface area (Å²) in [7, 11) is -3.34. The first-order valence-corrected chi connectivity index (χ1v) is 8.21. The van der Waals surface area contributed by atoms with Crippen LogP contribution < -0.4 is 10.5 Å². The van der Waals surface area contributed by atoms with Gasteiger partial charge >= 0.3 is 0 Å². The number of ketones is 1. The molecular weight excluding hydrogens is 312 g/mol. The highest BCUT2D eigenvalue weighted by Crippen LogP contribution is 2.22. The van der Waals surface area contributed by atoms with Crippen LogP contribution in [0.3, 0.4) is 0 Å². The van der Waals surface area contributed by atoms with Crippen molar-refractivity contribution in [3.8, 4) is 0 Å². The van der Waals surface area contributed by atoms with Crippen LogP contribution in [-0.4, -0.2) is 20.5 Å². The summed E-state index contributed by atoms with van der Waals surface area (Å²) in [6.45, 7) is 0. The van der Waals surface area contributed by atoms with Gasteiger partial charge in [0.05, 0.1) is 17.0 Å². The second kappa shape index (κ2) is 5.75. The van der Waals surface area contributed by atoms with Crippen LogP contribution in [-0.2, 0) is 10.0 Å². The molecule has 0 radical (unpaired) electrons. The number of benzene rings is 2. The molecule has 0 spiro atoms. The summed E-state index contributed by atoms with van der Waals surface area (Å²) in [6, 6.07) is 10.8. The Morgan fingerprint density at radius 3 is 2.19 bits per heavy atom. The SMILES string of the molecule is CS(=O)(=O)Nc1ccc(C(=O)c2ccc(Cl)c(N)c2)cc1. The molecule has 0 aliphatic rings. The highest BCUT2D eigenvalue weighted by Gasteiger charge is 2.11. The van der Waals surface area contributed by atoms with Crippen molar-refractivity contribution in [3.63, 3.8) is 0 Å². The molecule has 2 rings (SSSR count). The first-order chi connectivity index (χ1) is 9.76. The average molecular weight is 325 g/mol. The van der Waals surface area contributed by atoms with Crippen molar-refractivity contribution in [1.29, 1.82) is 0 Å². The predicted octanol–water partition coefficient (Wildman–Crippen LogP) is 2.52. The first-order valence-electron chi connectivity index (χ1n) is 5.94. The number of carbonyl (C=O) groups is 1. The minimum atomic E-state index is -3.34. The summed E-state index contributed by atoms with van der Waals surface area (Å²) in [5, 5.41) is 0.388. The van der Waals surface area contributed by atoms with Gasteiger partial charge in [0.1, 0.15) is 0 Å². The second-order valence-corrected chi connectivity index (χ2v) is 6.67. The van der Waals surface area contributed by atoms with Crippen LogP contribution in [0.4, 0.5) is 11.4 Å². The Hall–Kier alpha value is -2.05. The number of hydrogen-bond acceptors (Lipinski definition) is 4. The van der Waals surface area contributed by atoms with E-state index in [1.165, 1.54) is 18.2 Å². The highest BCUT2D eigenvalue weighted by atomic mass is 35.5. The van der Waals surface area contributed by atoms with Crippen molar-refractivity contribution >= 4 is 38.8 Å². The molecule has 0 atom stereocenters. The number of carbonyl (C=O) groups excluding carboxylic acids is 1. The van der Waals surface area contributed by atoms with Crippen LogP contribution in [0.2, 0.25) is 5.02 Å². The maximum Gasteiger partial charge on any atom is 0.229 e. The standard InChI is InChI=1S/C14H13ClN2O3S/c1-21(19,20)17-11-5-2-9(3-6-11)14(18)10-4-7-12(15)13(16)8-10/h2-8,17H,16H2,1H3. The van der Waals surface area contributed by atoms with E-state index < -0.39 is 10.0 Å². The van der Waals surface area contributed by atoms with Gasteiger partial charge in [-0.05, 0) is 42.5 Å². The van der Waals surface area contributed by atoms with Crippen LogP contribution in [0.5, 0.6) is 0 Å². The number of hydrogen-bond donors (Lipinski definition) is 2. The number of sulfonamides is 1. The van der Waals surface area contributed by atoms with E-state index in [-0.39, 0.29) is 5.78 Å². The van der Waals surface area contributed by atoms with Crippen molar-refractivity contribution in [2.24, 2.45) is 0 Å². The predicted molar refractivity (Wildman–Crippen MR) is 84.2 cm³/mol. The maximum absolute atomic E-state index is 12.3. The number of halogens is 1. The van der Waals surface area contributed by atoms with Crippen molar-refractivity contribution in [2.75, 3.05) is 16.7 Å². The number of nitrogens with one attached hydrogen (secondary N) is 1. The second-order valence-electron chi connectivity index (χ2n) is 4.52. The average Bonchev–Trinajstić information content (AvgIpc) is 2.40. The molecule has 7 heteroatoms. The van der Waals surface area contributed by atoms with Gasteiger partial charge in [-0.25, -0.2) is 8.42 Å². The fraction of sp³-hybridized carbons (Fsp3) is 0.0714. The number of anilines is 2. The topological polar surface area (TPSA) is 89.3 Å². The lowest BCUT2D eigenvalue weighted by Crippen LogP contribution is -2.09. The molecule has 0 aliphatic heterocycles. The third kappa shape index (κ3) is 3.96. The van der Waals surface area contributed by atoms with Crippen LogP contribution in [0, 0.1) is 0 Å². The zero-order chi connectivity index (χ0) is 15.6. The first kappa shape index (κ1) is 15.3. The summed E-state index contributed by atoms with van der Waals surface area (Å²) in [5.74, 6) is -0.218. The Morgan fingerprint density at radius 1 is 1.10 bits per heavy atom. The molecule has 2 aromatic carbocycles. The Bertz CT molecular complexity index is 786. The molecule has 0 bridgehead atoms. The molecule has 0 saturated carbocycles. The van der Waals surface area contributed by atoms with Crippen LogP contribution in [0.25, 0.3) is 0 Å². The molecule has 3 N–H and O–H groups in total. The molecule has 0 aromatic heterocycles. The van der Waals surface area contributed by atoms with Gasteiger partial charge < -0.3 is 5.73 Å². The summed E-state index contributed by atoms with van der Waals surface area (Å²) >= 11 is 5.81. The van der Waals surface area contributed by atoms with E-state index in [0.29, 0.717) is 27.5 Å². The number of nitrogen functional groups attached to an aromatic ring is 1. The van der Waals surface area contributed by atoms with E-state index in [1.807, 2.05) is 0 Å². The van der Waals surface area contributed by atoms with Gasteiger partial charge in [-0.2, -0.15) is 0 Å². The van der Waals surface area contributed by atoms with Gasteiger partial charge in [0.2, 0.25) is 10.0 Å². The lowest BCUT2D eigenvalue weighted by atomic mass is 10.0. The van der Waals surface area contributed by atoms with E-state index in [4.69, 9.17) is 17.3 Å². The molecule has 110 valence electrons. The normalized spacial score (nSPS) is 11.1. The Morgan fingerprint density at radius 2 is 1.67 bits per heavy atom. The van der Waals surface area contributed by atoms with Crippen LogP contribution >= 0.6 is 11.6 Å². The van der Waals surface area contributed by atoms with Gasteiger partial charge in [0.25, 0.3) is 0 Å². The number of rotatable bonds is 4. The fourth-order valence-corrected chi connectivity index (χ4v) is 2.44. The third-order valence-corrected chi connectivity index (χ3v) is 3.66. The maximum atomic E-state index is 12.3. The lowest BCUT2D eigenvalue weighted by molar-refractivity contribution is 0.103. The van der Waals surface area contributed by atoms with Crippen molar-refractivity contribution in [2.45, 2.75) is 0 Å². The Labute approximate surface area is 127 Å². The molecule has 0 aliphatic carbocycles. The van der Waals surface area contributed by atoms with Gasteiger partial charge in [-0.3, -0.25) is 9.52 Å². The monoisotopic (exact) mass is 324 g/mol. The molecule has 0 amide bonds. The molecule has 2 aromatic rings. The van der Waals surface area contributed by atoms with E-state index in [0.717, 1.165) is 6.26 Å². The largest absolute Gasteiger partial charge is 0.398 e. The smallest absolute Gasteiger partial charge is 0.229 e. The minimum absolute atomic E-state index is 0.218. The molecule has 0 heterocycles. The van der Waals surface area contributed by atoms with Crippen molar-refractivity contribution in [3.05, 3.63) is 58.6 Å². The highest BCUT2D eigenvalue weighted by molar-refractivity contribution is 7.92. The number of nitrogens with two attached hydrogens (primary N) is 1. The lowest BCUT2D eigenvalue weighted by Gasteiger charge is -2.06. The quantitative estimate of drug-likeness (QED) is 0.668. The van der Waals surface area contributed by atoms with Crippen molar-refractivity contribution in [1.82, 2.24) is 0 Å². The summed E-state index contributed by atoms with van der Waals surface area (Å²) in [5.41, 5.74) is 7.24. The molecule has 0 saturated heterocycles. The minimum Gasteiger partial charge on any atom is -0.398 e. The zero-order valence-corrected chi connectivity index (χ0v) is 12.7. The third-order valence-electron chi connectivity index (χ3n) is 2.71. The summed E-state index contributed by atoms with van der Waals surface area (Å²) in [6.07, 6.45) is 1.06. The van der Waals surface area contributed by atoms with Crippen LogP contribution in [0.1, 0.15) is 15.9 Å². The summed E-state index contributed by atoms with van der Waals surface area (Å²) in [4.78, 5) is 12.3. The Balaban J connectivity index is 2.25. The zero-order valence-electron chi connectivity index (χ0n) is 11.1. The molecule has 0 unspecified atom stereocenters. The van der Waals surface area contributed by atoms with E-state index in [1.54, 1.807) is 24.3 Å². The Kier molecular flexibility index (Phi) is 4.20. The molecular formula is C14H13ClN2O3S. The molecule has 5 nitrogen and oxygen atoms in total. The van der Waals surface area contributed by atoms with Gasteiger partial charge in [0, 0.05) is 16.8 Å². The summed E-state index contributed by atoms with van der Waals surface area (Å²) < 4.78 is 24.5. The fourth-order valence-electron chi connectivity index (χ4n) is 1.76. The van der Waals surface area contributed by atoms with E-state index in [2.05, 4.69) is 4.72 Å². The molecule has 0 fully saturated rings. The van der Waals surface area contributed by atoms with Gasteiger partial charge in [-0.1, -0.05) is 11.6 Å². The van der Waals surface area contributed by atoms with Crippen molar-refractivity contribution < 1.29 is 13.2 Å². The van der Waals surface area contributed by atoms with Gasteiger partial charge in [-0.15, -0.1) is 0 Å². The van der Waals surface area contributed by atoms with Crippen LogP contribution in [0.15, 0.2) is 42.5 Å². The molecule has 21 heavy (non-hydrogen) atoms. The van der Waals surface area contributed by atoms with Gasteiger partial charge in [0.15, 0.2) is 5.78 Å². The van der Waals surface area contributed by atoms with E-state index in [9.17, 15) is 13.2 Å². The van der Waals surface area contributed by atoms with E-state index >= 15 is 0 Å².